The van der Waals surface area contributed by atoms with E-state index in [2.05, 4.69) is 15.5 Å². The lowest BCUT2D eigenvalue weighted by Gasteiger charge is -2.00. The first-order chi connectivity index (χ1) is 8.56. The van der Waals surface area contributed by atoms with Crippen LogP contribution in [0.1, 0.15) is 26.5 Å². The number of rotatable bonds is 3. The number of aromatic nitrogens is 2. The summed E-state index contributed by atoms with van der Waals surface area (Å²) in [6.07, 6.45) is 1.18. The first kappa shape index (κ1) is 11.8. The molecular weight excluding hydrogens is 238 g/mol. The third kappa shape index (κ3) is 2.51. The third-order valence-electron chi connectivity index (χ3n) is 2.11. The average Bonchev–Trinajstić information content (AvgIpc) is 2.75. The van der Waals surface area contributed by atoms with Crippen LogP contribution in [0.3, 0.4) is 0 Å². The van der Waals surface area contributed by atoms with Gasteiger partial charge in [0.1, 0.15) is 5.69 Å². The summed E-state index contributed by atoms with van der Waals surface area (Å²) in [7, 11) is 0. The topological polar surface area (TPSA) is 105 Å². The number of aryl methyl sites for hydroxylation is 1. The maximum absolute atomic E-state index is 11.7. The Morgan fingerprint density at radius 2 is 2.17 bits per heavy atom. The maximum Gasteiger partial charge on any atom is 0.354 e. The van der Waals surface area contributed by atoms with Crippen molar-refractivity contribution in [1.29, 1.82) is 0 Å². The molecule has 0 saturated heterocycles. The van der Waals surface area contributed by atoms with E-state index in [0.717, 1.165) is 0 Å². The number of carboxylic acid groups (broad SMARTS) is 1. The molecule has 18 heavy (non-hydrogen) atoms. The van der Waals surface area contributed by atoms with Crippen LogP contribution in [0.2, 0.25) is 0 Å². The minimum absolute atomic E-state index is 0.123. The number of hydrogen-bond donors (Lipinski definition) is 2. The van der Waals surface area contributed by atoms with Crippen molar-refractivity contribution in [2.75, 3.05) is 5.32 Å². The zero-order valence-electron chi connectivity index (χ0n) is 9.38. The van der Waals surface area contributed by atoms with Gasteiger partial charge in [-0.1, -0.05) is 5.16 Å². The van der Waals surface area contributed by atoms with Crippen LogP contribution < -0.4 is 5.32 Å². The Morgan fingerprint density at radius 1 is 1.39 bits per heavy atom. The van der Waals surface area contributed by atoms with Gasteiger partial charge in [0, 0.05) is 12.3 Å². The van der Waals surface area contributed by atoms with E-state index in [1.807, 2.05) is 0 Å². The van der Waals surface area contributed by atoms with Gasteiger partial charge in [-0.25, -0.2) is 9.78 Å². The van der Waals surface area contributed by atoms with Crippen molar-refractivity contribution in [3.63, 3.8) is 0 Å². The number of carbonyl (C=O) groups excluding carboxylic acids is 1. The molecule has 0 aliphatic heterocycles. The summed E-state index contributed by atoms with van der Waals surface area (Å²) in [6.45, 7) is 1.72. The van der Waals surface area contributed by atoms with E-state index in [-0.39, 0.29) is 17.1 Å². The normalized spacial score (nSPS) is 10.1. The second-order valence-corrected chi connectivity index (χ2v) is 3.52. The average molecular weight is 247 g/mol. The fourth-order valence-electron chi connectivity index (χ4n) is 1.26. The van der Waals surface area contributed by atoms with Crippen LogP contribution in [-0.2, 0) is 0 Å². The van der Waals surface area contributed by atoms with Gasteiger partial charge in [0.25, 0.3) is 5.91 Å². The molecule has 0 aliphatic carbocycles. The van der Waals surface area contributed by atoms with Gasteiger partial charge in [0.2, 0.25) is 5.88 Å². The first-order valence-corrected chi connectivity index (χ1v) is 5.00. The number of pyridine rings is 1. The molecule has 2 aromatic rings. The van der Waals surface area contributed by atoms with Crippen LogP contribution in [-0.4, -0.2) is 27.1 Å². The van der Waals surface area contributed by atoms with Crippen molar-refractivity contribution >= 4 is 17.8 Å². The van der Waals surface area contributed by atoms with E-state index in [1.165, 1.54) is 18.3 Å². The highest BCUT2D eigenvalue weighted by Crippen LogP contribution is 2.10. The van der Waals surface area contributed by atoms with Gasteiger partial charge < -0.3 is 9.63 Å². The highest BCUT2D eigenvalue weighted by molar-refractivity contribution is 6.03. The van der Waals surface area contributed by atoms with Gasteiger partial charge in [-0.05, 0) is 19.1 Å². The van der Waals surface area contributed by atoms with E-state index in [1.54, 1.807) is 13.0 Å². The number of amides is 1. The summed E-state index contributed by atoms with van der Waals surface area (Å²) in [6, 6.07) is 4.19. The quantitative estimate of drug-likeness (QED) is 0.847. The lowest BCUT2D eigenvalue weighted by atomic mass is 10.2. The van der Waals surface area contributed by atoms with Gasteiger partial charge in [-0.15, -0.1) is 0 Å². The fourth-order valence-corrected chi connectivity index (χ4v) is 1.26. The third-order valence-corrected chi connectivity index (χ3v) is 2.11. The molecule has 0 unspecified atom stereocenters. The highest BCUT2D eigenvalue weighted by atomic mass is 16.5. The standard InChI is InChI=1S/C11H9N3O4/c1-6-4-9(18-14-6)13-10(15)7-2-3-8(11(16)17)12-5-7/h2-5H,1H3,(H,13,15)(H,16,17). The molecule has 0 radical (unpaired) electrons. The number of anilines is 1. The SMILES string of the molecule is Cc1cc(NC(=O)c2ccc(C(=O)O)nc2)on1. The minimum Gasteiger partial charge on any atom is -0.477 e. The van der Waals surface area contributed by atoms with Crippen molar-refractivity contribution in [2.45, 2.75) is 6.92 Å². The molecule has 0 fully saturated rings. The Kier molecular flexibility index (Phi) is 3.05. The lowest BCUT2D eigenvalue weighted by molar-refractivity contribution is 0.0690. The molecule has 92 valence electrons. The largest absolute Gasteiger partial charge is 0.477 e. The number of nitrogens with zero attached hydrogens (tertiary/aromatic N) is 2. The van der Waals surface area contributed by atoms with Crippen molar-refractivity contribution in [1.82, 2.24) is 10.1 Å². The molecule has 2 rings (SSSR count). The summed E-state index contributed by atoms with van der Waals surface area (Å²) in [5.41, 5.74) is 0.751. The molecule has 2 N–H and O–H groups in total. The molecule has 2 heterocycles. The van der Waals surface area contributed by atoms with E-state index in [4.69, 9.17) is 9.63 Å². The highest BCUT2D eigenvalue weighted by Gasteiger charge is 2.11. The van der Waals surface area contributed by atoms with Crippen LogP contribution >= 0.6 is 0 Å². The number of carbonyl (C=O) groups is 2. The number of aromatic carboxylic acids is 1. The van der Waals surface area contributed by atoms with Gasteiger partial charge in [0.05, 0.1) is 11.3 Å². The second-order valence-electron chi connectivity index (χ2n) is 3.52. The van der Waals surface area contributed by atoms with Gasteiger partial charge in [0.15, 0.2) is 0 Å². The fraction of sp³-hybridized carbons (Fsp3) is 0.0909. The van der Waals surface area contributed by atoms with E-state index < -0.39 is 11.9 Å². The predicted molar refractivity (Wildman–Crippen MR) is 60.4 cm³/mol. The summed E-state index contributed by atoms with van der Waals surface area (Å²) < 4.78 is 4.82. The number of nitrogens with one attached hydrogen (secondary N) is 1. The van der Waals surface area contributed by atoms with Gasteiger partial charge >= 0.3 is 5.97 Å². The zero-order valence-corrected chi connectivity index (χ0v) is 9.38. The Morgan fingerprint density at radius 3 is 2.67 bits per heavy atom. The molecule has 0 atom stereocenters. The molecule has 0 bridgehead atoms. The summed E-state index contributed by atoms with van der Waals surface area (Å²) in [5.74, 6) is -1.37. The maximum atomic E-state index is 11.7. The molecule has 2 aromatic heterocycles. The van der Waals surface area contributed by atoms with Crippen LogP contribution in [0, 0.1) is 6.92 Å². The number of hydrogen-bond acceptors (Lipinski definition) is 5. The molecule has 0 spiro atoms. The zero-order chi connectivity index (χ0) is 13.1. The van der Waals surface area contributed by atoms with Crippen molar-refractivity contribution in [3.05, 3.63) is 41.3 Å². The Labute approximate surface area is 101 Å². The Bertz CT molecular complexity index is 589. The molecule has 0 saturated carbocycles. The molecule has 7 nitrogen and oxygen atoms in total. The van der Waals surface area contributed by atoms with Crippen molar-refractivity contribution in [2.24, 2.45) is 0 Å². The molecule has 1 amide bonds. The monoisotopic (exact) mass is 247 g/mol. The van der Waals surface area contributed by atoms with Crippen LogP contribution in [0.5, 0.6) is 0 Å². The van der Waals surface area contributed by atoms with Gasteiger partial charge in [-0.3, -0.25) is 10.1 Å². The second kappa shape index (κ2) is 4.66. The summed E-state index contributed by atoms with van der Waals surface area (Å²) in [5, 5.41) is 14.8. The van der Waals surface area contributed by atoms with Gasteiger partial charge in [-0.2, -0.15) is 0 Å². The lowest BCUT2D eigenvalue weighted by Crippen LogP contribution is -2.12. The first-order valence-electron chi connectivity index (χ1n) is 5.00. The smallest absolute Gasteiger partial charge is 0.354 e. The van der Waals surface area contributed by atoms with Crippen LogP contribution in [0.25, 0.3) is 0 Å². The van der Waals surface area contributed by atoms with E-state index in [9.17, 15) is 9.59 Å². The Hall–Kier alpha value is -2.70. The molecule has 7 heteroatoms. The van der Waals surface area contributed by atoms with E-state index >= 15 is 0 Å². The molecule has 0 aromatic carbocycles. The van der Waals surface area contributed by atoms with Crippen LogP contribution in [0.4, 0.5) is 5.88 Å². The van der Waals surface area contributed by atoms with E-state index in [0.29, 0.717) is 5.69 Å². The molecular formula is C11H9N3O4. The van der Waals surface area contributed by atoms with Crippen molar-refractivity contribution < 1.29 is 19.2 Å². The van der Waals surface area contributed by atoms with Crippen LogP contribution in [0.15, 0.2) is 28.9 Å². The van der Waals surface area contributed by atoms with Crippen molar-refractivity contribution in [3.8, 4) is 0 Å². The summed E-state index contributed by atoms with van der Waals surface area (Å²) in [4.78, 5) is 25.9. The Balaban J connectivity index is 2.11. The predicted octanol–water partition coefficient (Wildman–Crippen LogP) is 1.33. The summed E-state index contributed by atoms with van der Waals surface area (Å²) >= 11 is 0. The number of carboxylic acids is 1. The molecule has 0 aliphatic rings. The minimum atomic E-state index is -1.15.